The molecule has 0 aliphatic carbocycles. The van der Waals surface area contributed by atoms with Crippen molar-refractivity contribution in [2.75, 3.05) is 66.3 Å². The first-order valence-electron chi connectivity index (χ1n) is 6.43. The highest BCUT2D eigenvalue weighted by molar-refractivity contribution is 4.74. The fourth-order valence-corrected chi connectivity index (χ4v) is 1.87. The third-order valence-electron chi connectivity index (χ3n) is 2.81. The van der Waals surface area contributed by atoms with Gasteiger partial charge in [0.05, 0.1) is 33.0 Å². The molecule has 1 atom stereocenters. The summed E-state index contributed by atoms with van der Waals surface area (Å²) in [6.45, 7) is 9.98. The van der Waals surface area contributed by atoms with E-state index in [1.165, 1.54) is 0 Å². The third-order valence-corrected chi connectivity index (χ3v) is 2.81. The molecule has 102 valence electrons. The Morgan fingerprint density at radius 3 is 2.53 bits per heavy atom. The molecule has 1 saturated heterocycles. The van der Waals surface area contributed by atoms with Crippen LogP contribution in [0.5, 0.6) is 0 Å². The van der Waals surface area contributed by atoms with Crippen LogP contribution in [0.1, 0.15) is 6.92 Å². The van der Waals surface area contributed by atoms with Gasteiger partial charge in [0.1, 0.15) is 0 Å². The second-order valence-electron chi connectivity index (χ2n) is 4.37. The number of hydrogen-bond donors (Lipinski definition) is 1. The highest BCUT2D eigenvalue weighted by Gasteiger charge is 2.14. The third kappa shape index (κ3) is 7.68. The van der Waals surface area contributed by atoms with E-state index in [1.54, 1.807) is 7.11 Å². The number of hydrogen-bond acceptors (Lipinski definition) is 5. The lowest BCUT2D eigenvalue weighted by atomic mass is 10.2. The van der Waals surface area contributed by atoms with Crippen LogP contribution in [0.4, 0.5) is 0 Å². The summed E-state index contributed by atoms with van der Waals surface area (Å²) < 4.78 is 15.7. The maximum Gasteiger partial charge on any atom is 0.0701 e. The van der Waals surface area contributed by atoms with E-state index in [9.17, 15) is 0 Å². The average Bonchev–Trinajstić information content (AvgIpc) is 2.33. The number of rotatable bonds is 9. The molecule has 0 aromatic heterocycles. The predicted octanol–water partition coefficient (Wildman–Crippen LogP) is -0.0403. The molecule has 17 heavy (non-hydrogen) atoms. The van der Waals surface area contributed by atoms with Crippen LogP contribution in [-0.2, 0) is 14.2 Å². The zero-order valence-electron chi connectivity index (χ0n) is 11.1. The molecule has 0 saturated carbocycles. The van der Waals surface area contributed by atoms with Crippen molar-refractivity contribution in [1.82, 2.24) is 10.2 Å². The molecule has 0 aromatic rings. The SMILES string of the molecule is COCCOCCOCCN1CCN[C@@H](C)C1. The van der Waals surface area contributed by atoms with Gasteiger partial charge in [-0.25, -0.2) is 0 Å². The van der Waals surface area contributed by atoms with Gasteiger partial charge in [-0.15, -0.1) is 0 Å². The summed E-state index contributed by atoms with van der Waals surface area (Å²) in [6, 6.07) is 0.598. The molecule has 1 rings (SSSR count). The van der Waals surface area contributed by atoms with Gasteiger partial charge >= 0.3 is 0 Å². The Bertz CT molecular complexity index is 181. The van der Waals surface area contributed by atoms with E-state index in [0.29, 0.717) is 32.5 Å². The fraction of sp³-hybridized carbons (Fsp3) is 1.00. The Hall–Kier alpha value is -0.200. The van der Waals surface area contributed by atoms with Gasteiger partial charge in [0, 0.05) is 39.3 Å². The van der Waals surface area contributed by atoms with E-state index in [2.05, 4.69) is 17.1 Å². The largest absolute Gasteiger partial charge is 0.382 e. The average molecular weight is 246 g/mol. The first-order valence-corrected chi connectivity index (χ1v) is 6.43. The van der Waals surface area contributed by atoms with Crippen molar-refractivity contribution >= 4 is 0 Å². The summed E-state index contributed by atoms with van der Waals surface area (Å²) in [5.74, 6) is 0. The predicted molar refractivity (Wildman–Crippen MR) is 67.4 cm³/mol. The molecule has 5 nitrogen and oxygen atoms in total. The molecule has 0 radical (unpaired) electrons. The van der Waals surface area contributed by atoms with Crippen molar-refractivity contribution in [3.8, 4) is 0 Å². The van der Waals surface area contributed by atoms with Crippen LogP contribution < -0.4 is 5.32 Å². The first-order chi connectivity index (χ1) is 8.33. The first kappa shape index (κ1) is 14.9. The number of nitrogens with one attached hydrogen (secondary N) is 1. The van der Waals surface area contributed by atoms with Gasteiger partial charge in [0.2, 0.25) is 0 Å². The van der Waals surface area contributed by atoms with Gasteiger partial charge in [-0.05, 0) is 6.92 Å². The molecular weight excluding hydrogens is 220 g/mol. The lowest BCUT2D eigenvalue weighted by Crippen LogP contribution is -2.49. The summed E-state index contributed by atoms with van der Waals surface area (Å²) in [7, 11) is 1.67. The molecular formula is C12H26N2O3. The minimum Gasteiger partial charge on any atom is -0.382 e. The topological polar surface area (TPSA) is 43.0 Å². The van der Waals surface area contributed by atoms with Crippen LogP contribution in [0.25, 0.3) is 0 Å². The number of piperazine rings is 1. The molecule has 1 heterocycles. The zero-order chi connectivity index (χ0) is 12.3. The van der Waals surface area contributed by atoms with Gasteiger partial charge < -0.3 is 19.5 Å². The molecule has 0 aromatic carbocycles. The molecule has 0 bridgehead atoms. The van der Waals surface area contributed by atoms with Crippen LogP contribution in [0.3, 0.4) is 0 Å². The quantitative estimate of drug-likeness (QED) is 0.578. The Morgan fingerprint density at radius 1 is 1.12 bits per heavy atom. The van der Waals surface area contributed by atoms with Crippen molar-refractivity contribution in [2.24, 2.45) is 0 Å². The van der Waals surface area contributed by atoms with Crippen molar-refractivity contribution in [3.63, 3.8) is 0 Å². The van der Waals surface area contributed by atoms with Crippen LogP contribution in [-0.4, -0.2) is 77.3 Å². The number of ether oxygens (including phenoxy) is 3. The lowest BCUT2D eigenvalue weighted by Gasteiger charge is -2.31. The normalized spacial score (nSPS) is 21.9. The Morgan fingerprint density at radius 2 is 1.82 bits per heavy atom. The molecule has 1 N–H and O–H groups in total. The van der Waals surface area contributed by atoms with Crippen molar-refractivity contribution < 1.29 is 14.2 Å². The minimum absolute atomic E-state index is 0.598. The summed E-state index contributed by atoms with van der Waals surface area (Å²) in [6.07, 6.45) is 0. The van der Waals surface area contributed by atoms with Gasteiger partial charge in [-0.1, -0.05) is 0 Å². The van der Waals surface area contributed by atoms with Gasteiger partial charge in [0.25, 0.3) is 0 Å². The Kier molecular flexibility index (Phi) is 8.56. The van der Waals surface area contributed by atoms with E-state index in [1.807, 2.05) is 0 Å². The fourth-order valence-electron chi connectivity index (χ4n) is 1.87. The minimum atomic E-state index is 0.598. The van der Waals surface area contributed by atoms with Crippen LogP contribution in [0.2, 0.25) is 0 Å². The molecule has 5 heteroatoms. The van der Waals surface area contributed by atoms with Gasteiger partial charge in [-0.2, -0.15) is 0 Å². The second-order valence-corrected chi connectivity index (χ2v) is 4.37. The van der Waals surface area contributed by atoms with Crippen LogP contribution in [0, 0.1) is 0 Å². The Labute approximate surface area is 104 Å². The number of nitrogens with zero attached hydrogens (tertiary/aromatic N) is 1. The van der Waals surface area contributed by atoms with Gasteiger partial charge in [-0.3, -0.25) is 4.90 Å². The van der Waals surface area contributed by atoms with E-state index in [0.717, 1.165) is 32.8 Å². The maximum atomic E-state index is 5.52. The second kappa shape index (κ2) is 9.79. The van der Waals surface area contributed by atoms with Crippen LogP contribution >= 0.6 is 0 Å². The monoisotopic (exact) mass is 246 g/mol. The van der Waals surface area contributed by atoms with E-state index < -0.39 is 0 Å². The smallest absolute Gasteiger partial charge is 0.0701 e. The van der Waals surface area contributed by atoms with Crippen molar-refractivity contribution in [1.29, 1.82) is 0 Å². The lowest BCUT2D eigenvalue weighted by molar-refractivity contribution is 0.0180. The highest BCUT2D eigenvalue weighted by Crippen LogP contribution is 1.97. The van der Waals surface area contributed by atoms with E-state index in [4.69, 9.17) is 14.2 Å². The van der Waals surface area contributed by atoms with Gasteiger partial charge in [0.15, 0.2) is 0 Å². The van der Waals surface area contributed by atoms with Crippen molar-refractivity contribution in [2.45, 2.75) is 13.0 Å². The summed E-state index contributed by atoms with van der Waals surface area (Å²) in [4.78, 5) is 2.44. The van der Waals surface area contributed by atoms with Crippen molar-refractivity contribution in [3.05, 3.63) is 0 Å². The highest BCUT2D eigenvalue weighted by atomic mass is 16.5. The molecule has 0 amide bonds. The molecule has 1 aliphatic heterocycles. The molecule has 0 unspecified atom stereocenters. The maximum absolute atomic E-state index is 5.52. The summed E-state index contributed by atoms with van der Waals surface area (Å²) in [5.41, 5.74) is 0. The van der Waals surface area contributed by atoms with Crippen LogP contribution in [0.15, 0.2) is 0 Å². The zero-order valence-corrected chi connectivity index (χ0v) is 11.1. The summed E-state index contributed by atoms with van der Waals surface area (Å²) in [5, 5.41) is 3.43. The van der Waals surface area contributed by atoms with E-state index in [-0.39, 0.29) is 0 Å². The molecule has 0 spiro atoms. The number of methoxy groups -OCH3 is 1. The molecule has 1 fully saturated rings. The molecule has 1 aliphatic rings. The standard InChI is InChI=1S/C12H26N2O3/c1-12-11-14(4-3-13-12)5-6-16-9-10-17-8-7-15-2/h12-13H,3-11H2,1-2H3/t12-/m0/s1. The Balaban J connectivity index is 1.83. The van der Waals surface area contributed by atoms with E-state index >= 15 is 0 Å². The summed E-state index contributed by atoms with van der Waals surface area (Å²) >= 11 is 0.